The first kappa shape index (κ1) is 14.4. The third kappa shape index (κ3) is 3.50. The van der Waals surface area contributed by atoms with Gasteiger partial charge in [0, 0.05) is 21.3 Å². The van der Waals surface area contributed by atoms with Gasteiger partial charge in [0.25, 0.3) is 5.91 Å². The first-order valence-electron chi connectivity index (χ1n) is 5.56. The maximum atomic E-state index is 12.0. The Kier molecular flexibility index (Phi) is 4.27. The van der Waals surface area contributed by atoms with Crippen LogP contribution in [0.5, 0.6) is 0 Å². The number of carboxylic acid groups (broad SMARTS) is 1. The molecule has 0 heterocycles. The molecule has 2 aromatic carbocycles. The van der Waals surface area contributed by atoms with Crippen molar-refractivity contribution in [3.05, 3.63) is 63.6 Å². The molecular formula is C14H9Cl2NO3. The summed E-state index contributed by atoms with van der Waals surface area (Å²) in [6, 6.07) is 10.4. The van der Waals surface area contributed by atoms with Crippen molar-refractivity contribution < 1.29 is 14.7 Å². The van der Waals surface area contributed by atoms with Crippen LogP contribution in [0.25, 0.3) is 0 Å². The van der Waals surface area contributed by atoms with Gasteiger partial charge in [-0.15, -0.1) is 0 Å². The molecule has 2 aromatic rings. The first-order valence-corrected chi connectivity index (χ1v) is 6.32. The molecule has 0 saturated carbocycles. The van der Waals surface area contributed by atoms with Crippen molar-refractivity contribution in [2.24, 2.45) is 0 Å². The van der Waals surface area contributed by atoms with Crippen molar-refractivity contribution in [2.45, 2.75) is 0 Å². The zero-order chi connectivity index (χ0) is 14.7. The van der Waals surface area contributed by atoms with E-state index in [0.29, 0.717) is 21.3 Å². The maximum Gasteiger partial charge on any atom is 0.335 e. The summed E-state index contributed by atoms with van der Waals surface area (Å²) in [6.07, 6.45) is 0. The number of anilines is 1. The fourth-order valence-corrected chi connectivity index (χ4v) is 2.14. The van der Waals surface area contributed by atoms with E-state index in [-0.39, 0.29) is 5.56 Å². The highest BCUT2D eigenvalue weighted by Gasteiger charge is 2.10. The van der Waals surface area contributed by atoms with Crippen LogP contribution < -0.4 is 5.32 Å². The van der Waals surface area contributed by atoms with E-state index in [1.165, 1.54) is 30.3 Å². The Hall–Kier alpha value is -2.04. The van der Waals surface area contributed by atoms with Crippen molar-refractivity contribution in [1.82, 2.24) is 0 Å². The molecule has 0 aliphatic heterocycles. The van der Waals surface area contributed by atoms with E-state index in [4.69, 9.17) is 28.3 Å². The number of carbonyl (C=O) groups excluding carboxylic acids is 1. The highest BCUT2D eigenvalue weighted by Crippen LogP contribution is 2.20. The Bertz CT molecular complexity index is 666. The monoisotopic (exact) mass is 309 g/mol. The molecule has 6 heteroatoms. The highest BCUT2D eigenvalue weighted by atomic mass is 35.5. The van der Waals surface area contributed by atoms with Gasteiger partial charge >= 0.3 is 5.97 Å². The van der Waals surface area contributed by atoms with Crippen LogP contribution >= 0.6 is 23.2 Å². The molecule has 0 spiro atoms. The van der Waals surface area contributed by atoms with Crippen molar-refractivity contribution in [3.8, 4) is 0 Å². The Morgan fingerprint density at radius 1 is 0.950 bits per heavy atom. The van der Waals surface area contributed by atoms with Crippen LogP contribution in [0, 0.1) is 0 Å². The zero-order valence-corrected chi connectivity index (χ0v) is 11.6. The van der Waals surface area contributed by atoms with Crippen LogP contribution in [0.2, 0.25) is 10.0 Å². The summed E-state index contributed by atoms with van der Waals surface area (Å²) in [7, 11) is 0. The lowest BCUT2D eigenvalue weighted by molar-refractivity contribution is 0.0696. The molecule has 1 amide bonds. The molecule has 102 valence electrons. The lowest BCUT2D eigenvalue weighted by atomic mass is 10.1. The average Bonchev–Trinajstić information content (AvgIpc) is 2.37. The predicted octanol–water partition coefficient (Wildman–Crippen LogP) is 3.94. The normalized spacial score (nSPS) is 10.1. The summed E-state index contributed by atoms with van der Waals surface area (Å²) in [4.78, 5) is 22.9. The molecule has 2 N–H and O–H groups in total. The number of rotatable bonds is 3. The molecule has 0 saturated heterocycles. The van der Waals surface area contributed by atoms with Gasteiger partial charge in [-0.1, -0.05) is 29.3 Å². The van der Waals surface area contributed by atoms with E-state index in [2.05, 4.69) is 5.32 Å². The highest BCUT2D eigenvalue weighted by molar-refractivity contribution is 6.35. The van der Waals surface area contributed by atoms with E-state index in [0.717, 1.165) is 0 Å². The smallest absolute Gasteiger partial charge is 0.335 e. The first-order chi connectivity index (χ1) is 9.45. The van der Waals surface area contributed by atoms with E-state index in [9.17, 15) is 9.59 Å². The zero-order valence-electron chi connectivity index (χ0n) is 10.1. The SMILES string of the molecule is O=C(O)c1cccc(NC(=O)c2cc(Cl)cc(Cl)c2)c1. The topological polar surface area (TPSA) is 66.4 Å². The van der Waals surface area contributed by atoms with Gasteiger partial charge in [-0.05, 0) is 36.4 Å². The Morgan fingerprint density at radius 2 is 1.60 bits per heavy atom. The minimum Gasteiger partial charge on any atom is -0.478 e. The van der Waals surface area contributed by atoms with Gasteiger partial charge in [0.2, 0.25) is 0 Å². The fourth-order valence-electron chi connectivity index (χ4n) is 1.62. The molecule has 0 bridgehead atoms. The lowest BCUT2D eigenvalue weighted by Crippen LogP contribution is -2.12. The predicted molar refractivity (Wildman–Crippen MR) is 77.8 cm³/mol. The minimum absolute atomic E-state index is 0.0897. The molecule has 0 aliphatic carbocycles. The number of carbonyl (C=O) groups is 2. The summed E-state index contributed by atoms with van der Waals surface area (Å²) in [5, 5.41) is 12.2. The quantitative estimate of drug-likeness (QED) is 0.902. The Balaban J connectivity index is 2.23. The molecule has 4 nitrogen and oxygen atoms in total. The van der Waals surface area contributed by atoms with Crippen molar-refractivity contribution in [3.63, 3.8) is 0 Å². The molecular weight excluding hydrogens is 301 g/mol. The third-order valence-electron chi connectivity index (χ3n) is 2.49. The molecule has 0 aliphatic rings. The standard InChI is InChI=1S/C14H9Cl2NO3/c15-10-4-9(5-11(16)7-10)13(18)17-12-3-1-2-8(6-12)14(19)20/h1-7H,(H,17,18)(H,19,20). The molecule has 0 aromatic heterocycles. The Morgan fingerprint density at radius 3 is 2.20 bits per heavy atom. The molecule has 0 atom stereocenters. The minimum atomic E-state index is -1.06. The van der Waals surface area contributed by atoms with Crippen molar-refractivity contribution in [1.29, 1.82) is 0 Å². The van der Waals surface area contributed by atoms with E-state index >= 15 is 0 Å². The van der Waals surface area contributed by atoms with Crippen LogP contribution in [0.3, 0.4) is 0 Å². The molecule has 0 fully saturated rings. The fraction of sp³-hybridized carbons (Fsp3) is 0. The second-order valence-corrected chi connectivity index (χ2v) is 4.87. The second kappa shape index (κ2) is 5.94. The lowest BCUT2D eigenvalue weighted by Gasteiger charge is -2.07. The second-order valence-electron chi connectivity index (χ2n) is 4.00. The van der Waals surface area contributed by atoms with E-state index in [1.54, 1.807) is 12.1 Å². The van der Waals surface area contributed by atoms with Gasteiger partial charge in [0.05, 0.1) is 5.56 Å². The maximum absolute atomic E-state index is 12.0. The summed E-state index contributed by atoms with van der Waals surface area (Å²) < 4.78 is 0. The molecule has 0 unspecified atom stereocenters. The van der Waals surface area contributed by atoms with Crippen LogP contribution in [0.4, 0.5) is 5.69 Å². The summed E-state index contributed by atoms with van der Waals surface area (Å²) in [5.74, 6) is -1.48. The van der Waals surface area contributed by atoms with E-state index in [1.807, 2.05) is 0 Å². The van der Waals surface area contributed by atoms with Gasteiger partial charge in [0.15, 0.2) is 0 Å². The van der Waals surface area contributed by atoms with Gasteiger partial charge in [0.1, 0.15) is 0 Å². The van der Waals surface area contributed by atoms with Gasteiger partial charge in [-0.2, -0.15) is 0 Å². The number of hydrogen-bond donors (Lipinski definition) is 2. The molecule has 0 radical (unpaired) electrons. The summed E-state index contributed by atoms with van der Waals surface area (Å²) in [5.41, 5.74) is 0.765. The number of nitrogens with one attached hydrogen (secondary N) is 1. The van der Waals surface area contributed by atoms with Crippen LogP contribution in [-0.4, -0.2) is 17.0 Å². The van der Waals surface area contributed by atoms with Crippen molar-refractivity contribution >= 4 is 40.8 Å². The van der Waals surface area contributed by atoms with Crippen LogP contribution in [0.15, 0.2) is 42.5 Å². The molecule has 2 rings (SSSR count). The largest absolute Gasteiger partial charge is 0.478 e. The van der Waals surface area contributed by atoms with Crippen molar-refractivity contribution in [2.75, 3.05) is 5.32 Å². The molecule has 20 heavy (non-hydrogen) atoms. The number of halogens is 2. The number of carboxylic acids is 1. The van der Waals surface area contributed by atoms with Gasteiger partial charge in [-0.25, -0.2) is 4.79 Å². The van der Waals surface area contributed by atoms with Crippen LogP contribution in [-0.2, 0) is 0 Å². The van der Waals surface area contributed by atoms with Crippen LogP contribution in [0.1, 0.15) is 20.7 Å². The number of benzene rings is 2. The third-order valence-corrected chi connectivity index (χ3v) is 2.93. The van der Waals surface area contributed by atoms with Gasteiger partial charge in [-0.3, -0.25) is 4.79 Å². The van der Waals surface area contributed by atoms with Gasteiger partial charge < -0.3 is 10.4 Å². The number of hydrogen-bond acceptors (Lipinski definition) is 2. The Labute approximate surface area is 124 Å². The number of aromatic carboxylic acids is 1. The summed E-state index contributed by atoms with van der Waals surface area (Å²) >= 11 is 11.6. The average molecular weight is 310 g/mol. The summed E-state index contributed by atoms with van der Waals surface area (Å²) in [6.45, 7) is 0. The number of amides is 1. The van der Waals surface area contributed by atoms with E-state index < -0.39 is 11.9 Å².